The van der Waals surface area contributed by atoms with Crippen LogP contribution in [0.15, 0.2) is 18.2 Å². The van der Waals surface area contributed by atoms with E-state index in [1.165, 1.54) is 19.3 Å². The zero-order valence-corrected chi connectivity index (χ0v) is 10.3. The molecular weight excluding hydrogens is 210 g/mol. The smallest absolute Gasteiger partial charge is 0.122 e. The zero-order valence-electron chi connectivity index (χ0n) is 10.3. The maximum absolute atomic E-state index is 5.77. The lowest BCUT2D eigenvalue weighted by Crippen LogP contribution is -1.99. The zero-order chi connectivity index (χ0) is 12.1. The third kappa shape index (κ3) is 3.80. The summed E-state index contributed by atoms with van der Waals surface area (Å²) in [5.41, 5.74) is 7.49. The van der Waals surface area contributed by atoms with Crippen molar-refractivity contribution in [2.45, 2.75) is 26.2 Å². The first-order valence-corrected chi connectivity index (χ1v) is 6.22. The second kappa shape index (κ2) is 5.75. The Morgan fingerprint density at radius 3 is 2.88 bits per heavy atom. The molecule has 0 spiro atoms. The number of benzene rings is 1. The molecule has 0 amide bonds. The molecule has 1 aliphatic carbocycles. The molecule has 0 aliphatic heterocycles. The fraction of sp³-hybridized carbons (Fsp3) is 0.467. The van der Waals surface area contributed by atoms with Crippen LogP contribution < -0.4 is 10.5 Å². The van der Waals surface area contributed by atoms with E-state index < -0.39 is 0 Å². The summed E-state index contributed by atoms with van der Waals surface area (Å²) >= 11 is 0. The van der Waals surface area contributed by atoms with Crippen molar-refractivity contribution in [3.8, 4) is 17.6 Å². The van der Waals surface area contributed by atoms with Crippen LogP contribution in [0.5, 0.6) is 5.75 Å². The van der Waals surface area contributed by atoms with E-state index >= 15 is 0 Å². The Morgan fingerprint density at radius 2 is 2.24 bits per heavy atom. The Hall–Kier alpha value is -1.46. The summed E-state index contributed by atoms with van der Waals surface area (Å²) in [7, 11) is 0. The summed E-state index contributed by atoms with van der Waals surface area (Å²) in [6.07, 6.45) is 3.96. The van der Waals surface area contributed by atoms with Crippen molar-refractivity contribution in [2.75, 3.05) is 13.2 Å². The lowest BCUT2D eigenvalue weighted by atomic mass is 10.1. The number of hydrogen-bond acceptors (Lipinski definition) is 2. The molecule has 17 heavy (non-hydrogen) atoms. The molecule has 0 heterocycles. The van der Waals surface area contributed by atoms with Crippen LogP contribution in [-0.4, -0.2) is 13.2 Å². The van der Waals surface area contributed by atoms with E-state index in [2.05, 4.69) is 24.8 Å². The second-order valence-corrected chi connectivity index (χ2v) is 4.57. The van der Waals surface area contributed by atoms with E-state index in [9.17, 15) is 0 Å². The van der Waals surface area contributed by atoms with Gasteiger partial charge in [0.1, 0.15) is 5.75 Å². The first-order valence-electron chi connectivity index (χ1n) is 6.22. The molecule has 0 atom stereocenters. The van der Waals surface area contributed by atoms with Crippen LogP contribution in [0, 0.1) is 24.7 Å². The summed E-state index contributed by atoms with van der Waals surface area (Å²) in [4.78, 5) is 0. The quantitative estimate of drug-likeness (QED) is 0.805. The molecule has 1 aromatic carbocycles. The third-order valence-corrected chi connectivity index (χ3v) is 2.99. The van der Waals surface area contributed by atoms with Crippen LogP contribution in [0.2, 0.25) is 0 Å². The van der Waals surface area contributed by atoms with E-state index in [1.807, 2.05) is 12.1 Å². The van der Waals surface area contributed by atoms with Gasteiger partial charge in [-0.05, 0) is 43.0 Å². The van der Waals surface area contributed by atoms with Gasteiger partial charge in [0.25, 0.3) is 0 Å². The highest BCUT2D eigenvalue weighted by molar-refractivity contribution is 5.43. The minimum absolute atomic E-state index is 0.401. The lowest BCUT2D eigenvalue weighted by Gasteiger charge is -2.08. The molecule has 1 aliphatic rings. The van der Waals surface area contributed by atoms with Gasteiger partial charge in [-0.1, -0.05) is 24.7 Å². The first-order chi connectivity index (χ1) is 8.29. The summed E-state index contributed by atoms with van der Waals surface area (Å²) in [6, 6.07) is 6.04. The van der Waals surface area contributed by atoms with Crippen LogP contribution in [-0.2, 0) is 0 Å². The van der Waals surface area contributed by atoms with E-state index in [0.717, 1.165) is 29.4 Å². The largest absolute Gasteiger partial charge is 0.493 e. The van der Waals surface area contributed by atoms with Crippen molar-refractivity contribution in [1.82, 2.24) is 0 Å². The highest BCUT2D eigenvalue weighted by Crippen LogP contribution is 2.32. The average molecular weight is 229 g/mol. The van der Waals surface area contributed by atoms with Crippen LogP contribution in [0.25, 0.3) is 0 Å². The van der Waals surface area contributed by atoms with Gasteiger partial charge in [-0.2, -0.15) is 0 Å². The molecule has 0 aromatic heterocycles. The normalized spacial score (nSPS) is 14.0. The maximum Gasteiger partial charge on any atom is 0.122 e. The molecule has 0 bridgehead atoms. The topological polar surface area (TPSA) is 35.2 Å². The highest BCUT2D eigenvalue weighted by atomic mass is 16.5. The van der Waals surface area contributed by atoms with Crippen molar-refractivity contribution < 1.29 is 4.74 Å². The van der Waals surface area contributed by atoms with Gasteiger partial charge >= 0.3 is 0 Å². The second-order valence-electron chi connectivity index (χ2n) is 4.57. The van der Waals surface area contributed by atoms with Gasteiger partial charge in [0.2, 0.25) is 0 Å². The van der Waals surface area contributed by atoms with Gasteiger partial charge in [-0.15, -0.1) is 0 Å². The van der Waals surface area contributed by atoms with E-state index in [1.54, 1.807) is 0 Å². The Kier molecular flexibility index (Phi) is 4.06. The Labute approximate surface area is 103 Å². The van der Waals surface area contributed by atoms with Gasteiger partial charge in [0, 0.05) is 5.56 Å². The first kappa shape index (κ1) is 12.0. The number of ether oxygens (including phenoxy) is 1. The number of nitrogens with two attached hydrogens (primary N) is 1. The molecule has 0 radical (unpaired) electrons. The van der Waals surface area contributed by atoms with Crippen LogP contribution >= 0.6 is 0 Å². The predicted molar refractivity (Wildman–Crippen MR) is 69.9 cm³/mol. The molecule has 2 heteroatoms. The Morgan fingerprint density at radius 1 is 1.41 bits per heavy atom. The van der Waals surface area contributed by atoms with E-state index in [-0.39, 0.29) is 0 Å². The molecule has 1 aromatic rings. The van der Waals surface area contributed by atoms with Gasteiger partial charge in [-0.3, -0.25) is 0 Å². The van der Waals surface area contributed by atoms with Gasteiger partial charge in [0.05, 0.1) is 13.2 Å². The van der Waals surface area contributed by atoms with Crippen LogP contribution in [0.1, 0.15) is 30.4 Å². The van der Waals surface area contributed by atoms with E-state index in [0.29, 0.717) is 6.54 Å². The molecule has 2 rings (SSSR count). The fourth-order valence-electron chi connectivity index (χ4n) is 1.78. The Bertz CT molecular complexity index is 438. The average Bonchev–Trinajstić information content (AvgIpc) is 3.13. The Balaban J connectivity index is 1.92. The number of hydrogen-bond donors (Lipinski definition) is 1. The molecule has 90 valence electrons. The molecule has 2 nitrogen and oxygen atoms in total. The molecule has 0 unspecified atom stereocenters. The standard InChI is InChI=1S/C15H19NO/c1-12-11-14(3-2-9-16)6-7-15(12)17-10-8-13-4-5-13/h6-7,11,13H,4-5,8-10,16H2,1H3. The van der Waals surface area contributed by atoms with Gasteiger partial charge in [0.15, 0.2) is 0 Å². The lowest BCUT2D eigenvalue weighted by molar-refractivity contribution is 0.300. The maximum atomic E-state index is 5.77. The predicted octanol–water partition coefficient (Wildman–Crippen LogP) is 2.48. The van der Waals surface area contributed by atoms with Crippen molar-refractivity contribution in [1.29, 1.82) is 0 Å². The van der Waals surface area contributed by atoms with Gasteiger partial charge in [-0.25, -0.2) is 0 Å². The summed E-state index contributed by atoms with van der Waals surface area (Å²) in [5, 5.41) is 0. The molecular formula is C15H19NO. The monoisotopic (exact) mass is 229 g/mol. The highest BCUT2D eigenvalue weighted by Gasteiger charge is 2.20. The molecule has 0 saturated heterocycles. The SMILES string of the molecule is Cc1cc(C#CCN)ccc1OCCC1CC1. The van der Waals surface area contributed by atoms with Crippen LogP contribution in [0.3, 0.4) is 0 Å². The van der Waals surface area contributed by atoms with Crippen molar-refractivity contribution in [3.63, 3.8) is 0 Å². The van der Waals surface area contributed by atoms with Crippen molar-refractivity contribution in [2.24, 2.45) is 11.7 Å². The summed E-state index contributed by atoms with van der Waals surface area (Å²) in [6.45, 7) is 3.29. The van der Waals surface area contributed by atoms with Crippen molar-refractivity contribution in [3.05, 3.63) is 29.3 Å². The van der Waals surface area contributed by atoms with Gasteiger partial charge < -0.3 is 10.5 Å². The third-order valence-electron chi connectivity index (χ3n) is 2.99. The van der Waals surface area contributed by atoms with E-state index in [4.69, 9.17) is 10.5 Å². The number of aryl methyl sites for hydroxylation is 1. The number of rotatable bonds is 4. The van der Waals surface area contributed by atoms with Crippen molar-refractivity contribution >= 4 is 0 Å². The minimum atomic E-state index is 0.401. The summed E-state index contributed by atoms with van der Waals surface area (Å²) < 4.78 is 5.77. The summed E-state index contributed by atoms with van der Waals surface area (Å²) in [5.74, 6) is 7.78. The molecule has 1 fully saturated rings. The molecule has 2 N–H and O–H groups in total. The minimum Gasteiger partial charge on any atom is -0.493 e. The fourth-order valence-corrected chi connectivity index (χ4v) is 1.78. The molecule has 1 saturated carbocycles. The van der Waals surface area contributed by atoms with Crippen LogP contribution in [0.4, 0.5) is 0 Å².